The van der Waals surface area contributed by atoms with Crippen LogP contribution < -0.4 is 15.4 Å². The second-order valence-corrected chi connectivity index (χ2v) is 4.60. The van der Waals surface area contributed by atoms with Crippen molar-refractivity contribution >= 4 is 11.6 Å². The Balaban J connectivity index is 1.76. The van der Waals surface area contributed by atoms with Gasteiger partial charge < -0.3 is 15.4 Å². The van der Waals surface area contributed by atoms with E-state index in [1.54, 1.807) is 0 Å². The third-order valence-electron chi connectivity index (χ3n) is 3.29. The highest BCUT2D eigenvalue weighted by molar-refractivity contribution is 5.93. The number of hydrogen-bond donors (Lipinski definition) is 2. The van der Waals surface area contributed by atoms with E-state index in [9.17, 15) is 4.79 Å². The summed E-state index contributed by atoms with van der Waals surface area (Å²) in [4.78, 5) is 11.2. The van der Waals surface area contributed by atoms with Crippen molar-refractivity contribution in [1.29, 1.82) is 0 Å². The van der Waals surface area contributed by atoms with E-state index in [1.807, 2.05) is 18.2 Å². The Morgan fingerprint density at radius 1 is 1.29 bits per heavy atom. The van der Waals surface area contributed by atoms with Crippen LogP contribution in [0.5, 0.6) is 5.75 Å². The molecule has 1 fully saturated rings. The van der Waals surface area contributed by atoms with E-state index in [0.29, 0.717) is 6.42 Å². The van der Waals surface area contributed by atoms with Gasteiger partial charge in [0.05, 0.1) is 0 Å². The van der Waals surface area contributed by atoms with E-state index in [0.717, 1.165) is 37.4 Å². The minimum atomic E-state index is 0.103. The molecule has 1 saturated heterocycles. The Labute approximate surface area is 100 Å². The Morgan fingerprint density at radius 3 is 3.06 bits per heavy atom. The Kier molecular flexibility index (Phi) is 2.73. The summed E-state index contributed by atoms with van der Waals surface area (Å²) in [7, 11) is 0. The predicted molar refractivity (Wildman–Crippen MR) is 65.3 cm³/mol. The topological polar surface area (TPSA) is 50.4 Å². The Morgan fingerprint density at radius 2 is 2.24 bits per heavy atom. The molecule has 0 aliphatic carbocycles. The second-order valence-electron chi connectivity index (χ2n) is 4.60. The number of nitrogens with one attached hydrogen (secondary N) is 2. The highest BCUT2D eigenvalue weighted by Crippen LogP contribution is 2.27. The molecule has 2 heterocycles. The summed E-state index contributed by atoms with van der Waals surface area (Å²) in [5, 5.41) is 6.15. The molecule has 2 aliphatic rings. The van der Waals surface area contributed by atoms with Gasteiger partial charge in [0, 0.05) is 18.7 Å². The molecule has 1 aromatic carbocycles. The third kappa shape index (κ3) is 2.26. The summed E-state index contributed by atoms with van der Waals surface area (Å²) in [6, 6.07) is 5.92. The fraction of sp³-hybridized carbons (Fsp3) is 0.462. The van der Waals surface area contributed by atoms with E-state index in [1.165, 1.54) is 5.56 Å². The first-order valence-corrected chi connectivity index (χ1v) is 6.11. The lowest BCUT2D eigenvalue weighted by Gasteiger charge is -2.19. The molecule has 1 atom stereocenters. The monoisotopic (exact) mass is 232 g/mol. The quantitative estimate of drug-likeness (QED) is 0.808. The molecule has 1 aromatic rings. The minimum absolute atomic E-state index is 0.103. The van der Waals surface area contributed by atoms with Gasteiger partial charge in [0.25, 0.3) is 0 Å². The molecule has 0 spiro atoms. The van der Waals surface area contributed by atoms with Crippen molar-refractivity contribution in [2.75, 3.05) is 18.4 Å². The fourth-order valence-corrected chi connectivity index (χ4v) is 2.35. The first-order valence-electron chi connectivity index (χ1n) is 6.11. The van der Waals surface area contributed by atoms with Gasteiger partial charge in [-0.3, -0.25) is 4.79 Å². The van der Waals surface area contributed by atoms with Crippen LogP contribution in [-0.2, 0) is 11.2 Å². The SMILES string of the molecule is O=C1CCc2cc(OC3CCNC3)ccc2N1. The lowest BCUT2D eigenvalue weighted by molar-refractivity contribution is -0.116. The maximum Gasteiger partial charge on any atom is 0.224 e. The van der Waals surface area contributed by atoms with Crippen LogP contribution in [0.1, 0.15) is 18.4 Å². The average Bonchev–Trinajstić information content (AvgIpc) is 2.82. The van der Waals surface area contributed by atoms with Gasteiger partial charge in [-0.15, -0.1) is 0 Å². The molecule has 90 valence electrons. The summed E-state index contributed by atoms with van der Waals surface area (Å²) in [6.07, 6.45) is 2.72. The smallest absolute Gasteiger partial charge is 0.224 e. The lowest BCUT2D eigenvalue weighted by atomic mass is 10.0. The summed E-state index contributed by atoms with van der Waals surface area (Å²) in [5.74, 6) is 1.01. The largest absolute Gasteiger partial charge is 0.489 e. The maximum absolute atomic E-state index is 11.2. The Hall–Kier alpha value is -1.55. The number of carbonyl (C=O) groups is 1. The standard InChI is InChI=1S/C13H16N2O2/c16-13-4-1-9-7-10(2-3-12(9)15-13)17-11-5-6-14-8-11/h2-3,7,11,14H,1,4-6,8H2,(H,15,16). The van der Waals surface area contributed by atoms with Crippen molar-refractivity contribution in [3.8, 4) is 5.75 Å². The van der Waals surface area contributed by atoms with E-state index in [4.69, 9.17) is 4.74 Å². The summed E-state index contributed by atoms with van der Waals surface area (Å²) < 4.78 is 5.89. The molecule has 0 aromatic heterocycles. The van der Waals surface area contributed by atoms with Crippen LogP contribution in [0.25, 0.3) is 0 Å². The summed E-state index contributed by atoms with van der Waals surface area (Å²) in [6.45, 7) is 1.96. The van der Waals surface area contributed by atoms with Crippen molar-refractivity contribution in [2.24, 2.45) is 0 Å². The number of amides is 1. The number of anilines is 1. The minimum Gasteiger partial charge on any atom is -0.489 e. The molecule has 0 bridgehead atoms. The number of fused-ring (bicyclic) bond motifs is 1. The number of benzene rings is 1. The zero-order chi connectivity index (χ0) is 11.7. The van der Waals surface area contributed by atoms with E-state index >= 15 is 0 Å². The van der Waals surface area contributed by atoms with Crippen LogP contribution in [0.3, 0.4) is 0 Å². The van der Waals surface area contributed by atoms with Crippen LogP contribution in [0, 0.1) is 0 Å². The van der Waals surface area contributed by atoms with Gasteiger partial charge >= 0.3 is 0 Å². The number of ether oxygens (including phenoxy) is 1. The van der Waals surface area contributed by atoms with Gasteiger partial charge in [-0.1, -0.05) is 0 Å². The maximum atomic E-state index is 11.2. The van der Waals surface area contributed by atoms with Gasteiger partial charge in [-0.2, -0.15) is 0 Å². The van der Waals surface area contributed by atoms with E-state index in [-0.39, 0.29) is 12.0 Å². The van der Waals surface area contributed by atoms with Crippen molar-refractivity contribution in [3.63, 3.8) is 0 Å². The molecule has 1 amide bonds. The summed E-state index contributed by atoms with van der Waals surface area (Å²) >= 11 is 0. The first kappa shape index (κ1) is 10.6. The molecule has 2 aliphatic heterocycles. The first-order chi connectivity index (χ1) is 8.31. The van der Waals surface area contributed by atoms with Gasteiger partial charge in [0.15, 0.2) is 0 Å². The molecule has 1 unspecified atom stereocenters. The van der Waals surface area contributed by atoms with Crippen LogP contribution in [0.15, 0.2) is 18.2 Å². The average molecular weight is 232 g/mol. The fourth-order valence-electron chi connectivity index (χ4n) is 2.35. The number of hydrogen-bond acceptors (Lipinski definition) is 3. The van der Waals surface area contributed by atoms with Crippen molar-refractivity contribution in [1.82, 2.24) is 5.32 Å². The number of carbonyl (C=O) groups excluding carboxylic acids is 1. The number of aryl methyl sites for hydroxylation is 1. The molecule has 2 N–H and O–H groups in total. The molecule has 3 rings (SSSR count). The van der Waals surface area contributed by atoms with Gasteiger partial charge in [0.1, 0.15) is 11.9 Å². The highest BCUT2D eigenvalue weighted by Gasteiger charge is 2.18. The van der Waals surface area contributed by atoms with Crippen molar-refractivity contribution < 1.29 is 9.53 Å². The molecular formula is C13H16N2O2. The molecule has 4 nitrogen and oxygen atoms in total. The van der Waals surface area contributed by atoms with Gasteiger partial charge in [-0.25, -0.2) is 0 Å². The normalized spacial score (nSPS) is 23.1. The molecule has 17 heavy (non-hydrogen) atoms. The van der Waals surface area contributed by atoms with Crippen LogP contribution in [0.4, 0.5) is 5.69 Å². The van der Waals surface area contributed by atoms with Gasteiger partial charge in [0.2, 0.25) is 5.91 Å². The van der Waals surface area contributed by atoms with Crippen LogP contribution >= 0.6 is 0 Å². The summed E-state index contributed by atoms with van der Waals surface area (Å²) in [5.41, 5.74) is 2.10. The second kappa shape index (κ2) is 4.37. The van der Waals surface area contributed by atoms with E-state index in [2.05, 4.69) is 10.6 Å². The Bertz CT molecular complexity index is 439. The number of rotatable bonds is 2. The zero-order valence-electron chi connectivity index (χ0n) is 9.66. The predicted octanol–water partition coefficient (Wildman–Crippen LogP) is 1.31. The lowest BCUT2D eigenvalue weighted by Crippen LogP contribution is -2.21. The third-order valence-corrected chi connectivity index (χ3v) is 3.29. The molecule has 0 saturated carbocycles. The molecule has 4 heteroatoms. The zero-order valence-corrected chi connectivity index (χ0v) is 9.66. The highest BCUT2D eigenvalue weighted by atomic mass is 16.5. The van der Waals surface area contributed by atoms with Crippen LogP contribution in [-0.4, -0.2) is 25.1 Å². The van der Waals surface area contributed by atoms with Gasteiger partial charge in [-0.05, 0) is 43.1 Å². The van der Waals surface area contributed by atoms with Crippen LogP contribution in [0.2, 0.25) is 0 Å². The van der Waals surface area contributed by atoms with Crippen molar-refractivity contribution in [3.05, 3.63) is 23.8 Å². The molecule has 0 radical (unpaired) electrons. The van der Waals surface area contributed by atoms with Crippen molar-refractivity contribution in [2.45, 2.75) is 25.4 Å². The molecular weight excluding hydrogens is 216 g/mol. The van der Waals surface area contributed by atoms with E-state index < -0.39 is 0 Å².